The lowest BCUT2D eigenvalue weighted by Gasteiger charge is -2.37. The summed E-state index contributed by atoms with van der Waals surface area (Å²) in [5, 5.41) is 0.784. The first-order valence-corrected chi connectivity index (χ1v) is 6.97. The van der Waals surface area contributed by atoms with Gasteiger partial charge in [-0.1, -0.05) is 15.9 Å². The van der Waals surface area contributed by atoms with Crippen LogP contribution in [0.5, 0.6) is 0 Å². The Kier molecular flexibility index (Phi) is 4.61. The van der Waals surface area contributed by atoms with Gasteiger partial charge in [-0.3, -0.25) is 4.79 Å². The topological polar surface area (TPSA) is 38.8 Å². The molecule has 2 atom stereocenters. The monoisotopic (exact) mass is 291 g/mol. The number of carbonyl (C=O) groups excluding carboxylic acids is 1. The summed E-state index contributed by atoms with van der Waals surface area (Å²) in [5.41, 5.74) is 0. The van der Waals surface area contributed by atoms with E-state index in [-0.39, 0.29) is 17.9 Å². The van der Waals surface area contributed by atoms with Crippen LogP contribution in [-0.4, -0.2) is 55.2 Å². The van der Waals surface area contributed by atoms with E-state index in [4.69, 9.17) is 9.47 Å². The molecule has 16 heavy (non-hydrogen) atoms. The summed E-state index contributed by atoms with van der Waals surface area (Å²) in [6, 6.07) is 0.183. The fourth-order valence-electron chi connectivity index (χ4n) is 2.24. The molecule has 2 heterocycles. The number of alkyl halides is 1. The average Bonchev–Trinajstić information content (AvgIpc) is 2.39. The SMILES string of the molecule is O=C(C1CCCOC1)N1CCOCC1CBr. The third-order valence-corrected chi connectivity index (χ3v) is 3.95. The second kappa shape index (κ2) is 5.98. The van der Waals surface area contributed by atoms with E-state index in [0.717, 1.165) is 24.8 Å². The van der Waals surface area contributed by atoms with Gasteiger partial charge in [0.15, 0.2) is 0 Å². The molecule has 0 aromatic carbocycles. The van der Waals surface area contributed by atoms with Gasteiger partial charge in [-0.2, -0.15) is 0 Å². The van der Waals surface area contributed by atoms with E-state index >= 15 is 0 Å². The van der Waals surface area contributed by atoms with Gasteiger partial charge in [0.05, 0.1) is 31.8 Å². The summed E-state index contributed by atoms with van der Waals surface area (Å²) < 4.78 is 10.8. The molecule has 4 nitrogen and oxygen atoms in total. The van der Waals surface area contributed by atoms with Crippen molar-refractivity contribution in [2.45, 2.75) is 18.9 Å². The van der Waals surface area contributed by atoms with Crippen molar-refractivity contribution in [2.24, 2.45) is 5.92 Å². The molecule has 2 aliphatic rings. The summed E-state index contributed by atoms with van der Waals surface area (Å²) >= 11 is 3.44. The summed E-state index contributed by atoms with van der Waals surface area (Å²) in [6.45, 7) is 3.40. The summed E-state index contributed by atoms with van der Waals surface area (Å²) in [4.78, 5) is 14.2. The summed E-state index contributed by atoms with van der Waals surface area (Å²) in [5.74, 6) is 0.306. The molecule has 5 heteroatoms. The predicted octanol–water partition coefficient (Wildman–Crippen LogP) is 1.04. The zero-order valence-corrected chi connectivity index (χ0v) is 10.9. The van der Waals surface area contributed by atoms with Crippen LogP contribution in [-0.2, 0) is 14.3 Å². The minimum atomic E-state index is 0.0633. The molecule has 2 aliphatic heterocycles. The molecule has 2 rings (SSSR count). The van der Waals surface area contributed by atoms with Crippen LogP contribution in [0.4, 0.5) is 0 Å². The van der Waals surface area contributed by atoms with E-state index in [1.807, 2.05) is 4.90 Å². The van der Waals surface area contributed by atoms with Crippen LogP contribution < -0.4 is 0 Å². The van der Waals surface area contributed by atoms with Gasteiger partial charge in [0, 0.05) is 18.5 Å². The normalized spacial score (nSPS) is 31.4. The molecular formula is C11H18BrNO3. The molecule has 0 saturated carbocycles. The fraction of sp³-hybridized carbons (Fsp3) is 0.909. The Bertz CT molecular complexity index is 243. The zero-order chi connectivity index (χ0) is 11.4. The number of amides is 1. The minimum Gasteiger partial charge on any atom is -0.381 e. The third kappa shape index (κ3) is 2.76. The van der Waals surface area contributed by atoms with Gasteiger partial charge in [0.25, 0.3) is 0 Å². The molecule has 2 saturated heterocycles. The van der Waals surface area contributed by atoms with E-state index in [2.05, 4.69) is 15.9 Å². The van der Waals surface area contributed by atoms with Crippen LogP contribution in [0, 0.1) is 5.92 Å². The molecule has 0 bridgehead atoms. The highest BCUT2D eigenvalue weighted by molar-refractivity contribution is 9.09. The lowest BCUT2D eigenvalue weighted by molar-refractivity contribution is -0.147. The lowest BCUT2D eigenvalue weighted by atomic mass is 10.00. The van der Waals surface area contributed by atoms with Gasteiger partial charge in [0.2, 0.25) is 5.91 Å². The van der Waals surface area contributed by atoms with Crippen LogP contribution in [0.15, 0.2) is 0 Å². The molecule has 2 fully saturated rings. The largest absolute Gasteiger partial charge is 0.381 e. The number of nitrogens with zero attached hydrogens (tertiary/aromatic N) is 1. The first kappa shape index (κ1) is 12.3. The highest BCUT2D eigenvalue weighted by Crippen LogP contribution is 2.20. The second-order valence-corrected chi connectivity index (χ2v) is 4.98. The van der Waals surface area contributed by atoms with E-state index in [9.17, 15) is 4.79 Å². The smallest absolute Gasteiger partial charge is 0.228 e. The molecule has 92 valence electrons. The first-order chi connectivity index (χ1) is 7.83. The molecule has 0 aromatic heterocycles. The van der Waals surface area contributed by atoms with Gasteiger partial charge >= 0.3 is 0 Å². The maximum atomic E-state index is 12.3. The standard InChI is InChI=1S/C11H18BrNO3/c12-6-10-8-16-5-3-13(10)11(14)9-2-1-4-15-7-9/h9-10H,1-8H2. The number of rotatable bonds is 2. The molecule has 0 spiro atoms. The number of carbonyl (C=O) groups is 1. The summed E-state index contributed by atoms with van der Waals surface area (Å²) in [6.07, 6.45) is 1.96. The molecular weight excluding hydrogens is 274 g/mol. The van der Waals surface area contributed by atoms with Crippen LogP contribution in [0.2, 0.25) is 0 Å². The zero-order valence-electron chi connectivity index (χ0n) is 9.36. The van der Waals surface area contributed by atoms with Crippen molar-refractivity contribution in [1.29, 1.82) is 0 Å². The van der Waals surface area contributed by atoms with Gasteiger partial charge in [-0.05, 0) is 12.8 Å². The van der Waals surface area contributed by atoms with Crippen LogP contribution in [0.1, 0.15) is 12.8 Å². The third-order valence-electron chi connectivity index (χ3n) is 3.20. The quantitative estimate of drug-likeness (QED) is 0.714. The Hall–Kier alpha value is -0.130. The van der Waals surface area contributed by atoms with Gasteiger partial charge in [0.1, 0.15) is 0 Å². The number of morpholine rings is 1. The maximum Gasteiger partial charge on any atom is 0.228 e. The number of hydrogen-bond donors (Lipinski definition) is 0. The number of ether oxygens (including phenoxy) is 2. The van der Waals surface area contributed by atoms with Crippen molar-refractivity contribution >= 4 is 21.8 Å². The molecule has 0 aliphatic carbocycles. The Balaban J connectivity index is 1.95. The van der Waals surface area contributed by atoms with Gasteiger partial charge in [-0.25, -0.2) is 0 Å². The van der Waals surface area contributed by atoms with Gasteiger partial charge < -0.3 is 14.4 Å². The second-order valence-electron chi connectivity index (χ2n) is 4.33. The molecule has 0 aromatic rings. The van der Waals surface area contributed by atoms with Crippen molar-refractivity contribution in [3.8, 4) is 0 Å². The first-order valence-electron chi connectivity index (χ1n) is 5.85. The highest BCUT2D eigenvalue weighted by atomic mass is 79.9. The highest BCUT2D eigenvalue weighted by Gasteiger charge is 2.32. The van der Waals surface area contributed by atoms with E-state index in [1.165, 1.54) is 0 Å². The fourth-order valence-corrected chi connectivity index (χ4v) is 2.78. The number of halogens is 1. The van der Waals surface area contributed by atoms with Crippen LogP contribution >= 0.6 is 15.9 Å². The van der Waals surface area contributed by atoms with Gasteiger partial charge in [-0.15, -0.1) is 0 Å². The Morgan fingerprint density at radius 1 is 1.31 bits per heavy atom. The van der Waals surface area contributed by atoms with Crippen LogP contribution in [0.3, 0.4) is 0 Å². The molecule has 1 amide bonds. The van der Waals surface area contributed by atoms with E-state index in [1.54, 1.807) is 0 Å². The lowest BCUT2D eigenvalue weighted by Crippen LogP contribution is -2.52. The van der Waals surface area contributed by atoms with E-state index in [0.29, 0.717) is 26.4 Å². The minimum absolute atomic E-state index is 0.0633. The molecule has 0 N–H and O–H groups in total. The Morgan fingerprint density at radius 3 is 2.81 bits per heavy atom. The number of hydrogen-bond acceptors (Lipinski definition) is 3. The van der Waals surface area contributed by atoms with Crippen molar-refractivity contribution in [2.75, 3.05) is 38.3 Å². The summed E-state index contributed by atoms with van der Waals surface area (Å²) in [7, 11) is 0. The maximum absolute atomic E-state index is 12.3. The Labute approximate surface area is 104 Å². The predicted molar refractivity (Wildman–Crippen MR) is 63.7 cm³/mol. The van der Waals surface area contributed by atoms with Crippen molar-refractivity contribution in [3.05, 3.63) is 0 Å². The molecule has 2 unspecified atom stereocenters. The van der Waals surface area contributed by atoms with Crippen molar-refractivity contribution in [3.63, 3.8) is 0 Å². The molecule has 0 radical (unpaired) electrons. The average molecular weight is 292 g/mol. The van der Waals surface area contributed by atoms with Crippen LogP contribution in [0.25, 0.3) is 0 Å². The van der Waals surface area contributed by atoms with E-state index < -0.39 is 0 Å². The Morgan fingerprint density at radius 2 is 2.12 bits per heavy atom. The van der Waals surface area contributed by atoms with Crippen molar-refractivity contribution < 1.29 is 14.3 Å². The van der Waals surface area contributed by atoms with Crippen molar-refractivity contribution in [1.82, 2.24) is 4.90 Å².